The number of halogens is 1. The Bertz CT molecular complexity index is 844. The van der Waals surface area contributed by atoms with E-state index in [9.17, 15) is 4.79 Å². The second-order valence-corrected chi connectivity index (χ2v) is 6.17. The van der Waals surface area contributed by atoms with Crippen molar-refractivity contribution >= 4 is 27.5 Å². The summed E-state index contributed by atoms with van der Waals surface area (Å²) in [7, 11) is 0. The number of nitrogens with zero attached hydrogens (tertiary/aromatic N) is 4. The molecule has 6 nitrogen and oxygen atoms in total. The monoisotopic (exact) mass is 385 g/mol. The molecule has 122 valence electrons. The number of carbonyl (C=O) groups excluding carboxylic acids is 1. The maximum atomic E-state index is 12.1. The van der Waals surface area contributed by atoms with Gasteiger partial charge in [-0.1, -0.05) is 35.0 Å². The fourth-order valence-corrected chi connectivity index (χ4v) is 2.49. The number of aromatic nitrogens is 4. The molecule has 0 saturated heterocycles. The zero-order chi connectivity index (χ0) is 16.9. The Labute approximate surface area is 148 Å². The van der Waals surface area contributed by atoms with Gasteiger partial charge < -0.3 is 5.32 Å². The first-order valence-corrected chi connectivity index (χ1v) is 8.36. The van der Waals surface area contributed by atoms with E-state index in [4.69, 9.17) is 0 Å². The van der Waals surface area contributed by atoms with Gasteiger partial charge in [-0.05, 0) is 53.6 Å². The molecule has 0 aliphatic rings. The molecule has 0 spiro atoms. The van der Waals surface area contributed by atoms with Gasteiger partial charge >= 0.3 is 0 Å². The number of amides is 1. The Morgan fingerprint density at radius 1 is 1.21 bits per heavy atom. The minimum atomic E-state index is -0.192. The van der Waals surface area contributed by atoms with E-state index in [1.807, 2.05) is 48.5 Å². The quantitative estimate of drug-likeness (QED) is 0.730. The predicted molar refractivity (Wildman–Crippen MR) is 95.4 cm³/mol. The third-order valence-electron chi connectivity index (χ3n) is 3.46. The van der Waals surface area contributed by atoms with Gasteiger partial charge in [-0.15, -0.1) is 10.2 Å². The van der Waals surface area contributed by atoms with Crippen molar-refractivity contribution in [3.63, 3.8) is 0 Å². The highest BCUT2D eigenvalue weighted by Gasteiger charge is 2.09. The Kier molecular flexibility index (Phi) is 5.00. The van der Waals surface area contributed by atoms with Crippen LogP contribution in [0.4, 0.5) is 5.69 Å². The number of benzene rings is 2. The minimum Gasteiger partial charge on any atom is -0.324 e. The van der Waals surface area contributed by atoms with Crippen LogP contribution in [0.2, 0.25) is 0 Å². The summed E-state index contributed by atoms with van der Waals surface area (Å²) >= 11 is 3.38. The van der Waals surface area contributed by atoms with E-state index in [0.29, 0.717) is 5.82 Å². The van der Waals surface area contributed by atoms with Crippen molar-refractivity contribution in [1.29, 1.82) is 0 Å². The highest BCUT2D eigenvalue weighted by atomic mass is 79.9. The van der Waals surface area contributed by atoms with E-state index in [0.717, 1.165) is 22.1 Å². The summed E-state index contributed by atoms with van der Waals surface area (Å²) in [6.07, 6.45) is 0.922. The summed E-state index contributed by atoms with van der Waals surface area (Å²) in [6.45, 7) is 2.09. The molecule has 2 aromatic carbocycles. The van der Waals surface area contributed by atoms with E-state index in [-0.39, 0.29) is 12.5 Å². The number of aryl methyl sites for hydroxylation is 1. The molecule has 0 aliphatic carbocycles. The molecule has 0 aliphatic heterocycles. The van der Waals surface area contributed by atoms with E-state index in [2.05, 4.69) is 43.6 Å². The van der Waals surface area contributed by atoms with Gasteiger partial charge in [0.15, 0.2) is 0 Å². The lowest BCUT2D eigenvalue weighted by Crippen LogP contribution is -2.20. The smallest absolute Gasteiger partial charge is 0.248 e. The lowest BCUT2D eigenvalue weighted by atomic mass is 10.1. The van der Waals surface area contributed by atoms with Crippen LogP contribution in [0.15, 0.2) is 53.0 Å². The maximum absolute atomic E-state index is 12.1. The van der Waals surface area contributed by atoms with Gasteiger partial charge in [0.05, 0.1) is 0 Å². The van der Waals surface area contributed by atoms with Crippen molar-refractivity contribution in [2.45, 2.75) is 19.9 Å². The molecule has 1 heterocycles. The Hall–Kier alpha value is -2.54. The van der Waals surface area contributed by atoms with Gasteiger partial charge in [0, 0.05) is 15.7 Å². The van der Waals surface area contributed by atoms with Crippen molar-refractivity contribution in [1.82, 2.24) is 20.2 Å². The van der Waals surface area contributed by atoms with Crippen LogP contribution < -0.4 is 5.32 Å². The summed E-state index contributed by atoms with van der Waals surface area (Å²) in [6, 6.07) is 15.4. The van der Waals surface area contributed by atoms with Crippen LogP contribution in [-0.2, 0) is 17.8 Å². The summed E-state index contributed by atoms with van der Waals surface area (Å²) in [5.41, 5.74) is 2.79. The van der Waals surface area contributed by atoms with Crippen LogP contribution in [0.1, 0.15) is 12.5 Å². The van der Waals surface area contributed by atoms with Gasteiger partial charge in [-0.2, -0.15) is 4.80 Å². The van der Waals surface area contributed by atoms with Crippen LogP contribution in [-0.4, -0.2) is 26.1 Å². The van der Waals surface area contributed by atoms with Gasteiger partial charge in [0.1, 0.15) is 6.54 Å². The van der Waals surface area contributed by atoms with Gasteiger partial charge in [-0.25, -0.2) is 0 Å². The number of carbonyl (C=O) groups is 1. The van der Waals surface area contributed by atoms with Crippen LogP contribution >= 0.6 is 15.9 Å². The van der Waals surface area contributed by atoms with Crippen LogP contribution in [0, 0.1) is 0 Å². The largest absolute Gasteiger partial charge is 0.324 e. The fourth-order valence-electron chi connectivity index (χ4n) is 2.22. The van der Waals surface area contributed by atoms with Crippen molar-refractivity contribution in [2.75, 3.05) is 5.32 Å². The zero-order valence-electron chi connectivity index (χ0n) is 13.1. The molecule has 1 amide bonds. The molecular formula is C17H16BrN5O. The van der Waals surface area contributed by atoms with Crippen molar-refractivity contribution in [2.24, 2.45) is 0 Å². The molecular weight excluding hydrogens is 370 g/mol. The molecule has 0 saturated carbocycles. The zero-order valence-corrected chi connectivity index (χ0v) is 14.7. The summed E-state index contributed by atoms with van der Waals surface area (Å²) in [5.74, 6) is 0.297. The molecule has 0 unspecified atom stereocenters. The maximum Gasteiger partial charge on any atom is 0.248 e. The molecule has 3 rings (SSSR count). The lowest BCUT2D eigenvalue weighted by molar-refractivity contribution is -0.117. The summed E-state index contributed by atoms with van der Waals surface area (Å²) in [5, 5.41) is 15.0. The average Bonchev–Trinajstić information content (AvgIpc) is 3.04. The molecule has 7 heteroatoms. The van der Waals surface area contributed by atoms with Gasteiger partial charge in [0.2, 0.25) is 11.7 Å². The number of hydrogen-bond acceptors (Lipinski definition) is 4. The normalized spacial score (nSPS) is 10.6. The van der Waals surface area contributed by atoms with E-state index in [1.165, 1.54) is 10.4 Å². The molecule has 0 fully saturated rings. The van der Waals surface area contributed by atoms with Crippen LogP contribution in [0.5, 0.6) is 0 Å². The first-order valence-electron chi connectivity index (χ1n) is 7.56. The second-order valence-electron chi connectivity index (χ2n) is 5.25. The number of anilines is 1. The topological polar surface area (TPSA) is 72.7 Å². The Morgan fingerprint density at radius 3 is 2.75 bits per heavy atom. The van der Waals surface area contributed by atoms with Crippen LogP contribution in [0.25, 0.3) is 11.4 Å². The van der Waals surface area contributed by atoms with Gasteiger partial charge in [0.25, 0.3) is 0 Å². The van der Waals surface area contributed by atoms with Crippen molar-refractivity contribution in [3.05, 3.63) is 58.6 Å². The van der Waals surface area contributed by atoms with E-state index in [1.54, 1.807) is 0 Å². The molecule has 0 bridgehead atoms. The minimum absolute atomic E-state index is 0.0138. The SMILES string of the molecule is CCc1cccc(NC(=O)Cn2nnc(-c3ccc(Br)cc3)n2)c1. The molecule has 1 N–H and O–H groups in total. The first-order chi connectivity index (χ1) is 11.6. The van der Waals surface area contributed by atoms with Crippen molar-refractivity contribution in [3.8, 4) is 11.4 Å². The standard InChI is InChI=1S/C17H16BrN5O/c1-2-12-4-3-5-15(10-12)19-16(24)11-23-21-17(20-22-23)13-6-8-14(18)9-7-13/h3-10H,2,11H2,1H3,(H,19,24). The van der Waals surface area contributed by atoms with Crippen LogP contribution in [0.3, 0.4) is 0 Å². The number of tetrazole rings is 1. The summed E-state index contributed by atoms with van der Waals surface area (Å²) < 4.78 is 0.979. The fraction of sp³-hybridized carbons (Fsp3) is 0.176. The second kappa shape index (κ2) is 7.35. The third-order valence-corrected chi connectivity index (χ3v) is 3.99. The first kappa shape index (κ1) is 16.3. The van der Waals surface area contributed by atoms with Gasteiger partial charge in [-0.3, -0.25) is 4.79 Å². The van der Waals surface area contributed by atoms with E-state index >= 15 is 0 Å². The molecule has 0 radical (unpaired) electrons. The highest BCUT2D eigenvalue weighted by Crippen LogP contribution is 2.17. The molecule has 24 heavy (non-hydrogen) atoms. The Balaban J connectivity index is 1.65. The lowest BCUT2D eigenvalue weighted by Gasteiger charge is -2.05. The predicted octanol–water partition coefficient (Wildman–Crippen LogP) is 3.30. The molecule has 3 aromatic rings. The third kappa shape index (κ3) is 4.05. The average molecular weight is 386 g/mol. The highest BCUT2D eigenvalue weighted by molar-refractivity contribution is 9.10. The molecule has 1 aromatic heterocycles. The Morgan fingerprint density at radius 2 is 2.00 bits per heavy atom. The number of nitrogens with one attached hydrogen (secondary N) is 1. The number of rotatable bonds is 5. The molecule has 0 atom stereocenters. The van der Waals surface area contributed by atoms with Crippen molar-refractivity contribution < 1.29 is 4.79 Å². The number of hydrogen-bond donors (Lipinski definition) is 1. The summed E-state index contributed by atoms with van der Waals surface area (Å²) in [4.78, 5) is 13.4. The van der Waals surface area contributed by atoms with E-state index < -0.39 is 0 Å².